The zero-order chi connectivity index (χ0) is 27.2. The second kappa shape index (κ2) is 13.1. The molecule has 200 valence electrons. The molecule has 0 spiro atoms. The van der Waals surface area contributed by atoms with Gasteiger partial charge in [0.2, 0.25) is 0 Å². The minimum absolute atomic E-state index is 0.161. The van der Waals surface area contributed by atoms with Crippen LogP contribution in [0.5, 0.6) is 0 Å². The molecule has 8 nitrogen and oxygen atoms in total. The maximum Gasteiger partial charge on any atom is 0.305 e. The van der Waals surface area contributed by atoms with Gasteiger partial charge >= 0.3 is 5.97 Å². The minimum Gasteiger partial charge on any atom is -0.481 e. The van der Waals surface area contributed by atoms with Gasteiger partial charge in [0.15, 0.2) is 0 Å². The molecule has 0 saturated heterocycles. The van der Waals surface area contributed by atoms with Gasteiger partial charge in [-0.05, 0) is 33.1 Å². The Kier molecular flexibility index (Phi) is 12.6. The highest BCUT2D eigenvalue weighted by Gasteiger charge is 2.46. The second-order valence-electron chi connectivity index (χ2n) is 11.1. The van der Waals surface area contributed by atoms with Crippen LogP contribution < -0.4 is 0 Å². The summed E-state index contributed by atoms with van der Waals surface area (Å²) in [5.41, 5.74) is -1.84. The molecule has 0 radical (unpaired) electrons. The SMILES string of the molecule is COC(C(C)C(O)CC(=O)O)C(C)(C)C(=O)C(C)CC(C)C(O)C(C)(O)C(O)C(C)C=C(C)C. The van der Waals surface area contributed by atoms with Gasteiger partial charge in [-0.25, -0.2) is 0 Å². The molecule has 0 fully saturated rings. The predicted molar refractivity (Wildman–Crippen MR) is 131 cm³/mol. The van der Waals surface area contributed by atoms with Crippen molar-refractivity contribution in [1.82, 2.24) is 0 Å². The molecule has 0 aromatic carbocycles. The molecule has 9 unspecified atom stereocenters. The first-order valence-electron chi connectivity index (χ1n) is 12.0. The Morgan fingerprint density at radius 3 is 1.88 bits per heavy atom. The highest BCUT2D eigenvalue weighted by molar-refractivity contribution is 5.86. The highest BCUT2D eigenvalue weighted by atomic mass is 16.5. The van der Waals surface area contributed by atoms with Crippen LogP contribution in [0.1, 0.15) is 75.2 Å². The Morgan fingerprint density at radius 2 is 1.47 bits per heavy atom. The van der Waals surface area contributed by atoms with Gasteiger partial charge in [0.25, 0.3) is 0 Å². The number of carboxylic acid groups (broad SMARTS) is 1. The van der Waals surface area contributed by atoms with E-state index in [1.54, 1.807) is 41.5 Å². The summed E-state index contributed by atoms with van der Waals surface area (Å²) in [4.78, 5) is 24.4. The fraction of sp³-hybridized carbons (Fsp3) is 0.846. The van der Waals surface area contributed by atoms with Gasteiger partial charge in [-0.15, -0.1) is 0 Å². The normalized spacial score (nSPS) is 21.2. The Bertz CT molecular complexity index is 695. The number of Topliss-reactive ketones (excluding diaryl/α,β-unsaturated/α-hetero) is 1. The van der Waals surface area contributed by atoms with Crippen LogP contribution in [-0.4, -0.2) is 74.4 Å². The predicted octanol–water partition coefficient (Wildman–Crippen LogP) is 2.81. The van der Waals surface area contributed by atoms with E-state index in [2.05, 4.69) is 0 Å². The average Bonchev–Trinajstić information content (AvgIpc) is 2.70. The number of ether oxygens (including phenoxy) is 1. The number of aliphatic carboxylic acids is 1. The van der Waals surface area contributed by atoms with Gasteiger partial charge in [0.05, 0.1) is 36.3 Å². The molecule has 0 amide bonds. The molecule has 0 aromatic rings. The number of aliphatic hydroxyl groups excluding tert-OH is 3. The lowest BCUT2D eigenvalue weighted by molar-refractivity contribution is -0.163. The lowest BCUT2D eigenvalue weighted by Crippen LogP contribution is -2.55. The molecule has 0 aliphatic rings. The van der Waals surface area contributed by atoms with E-state index in [4.69, 9.17) is 9.84 Å². The van der Waals surface area contributed by atoms with Gasteiger partial charge in [-0.3, -0.25) is 9.59 Å². The first kappa shape index (κ1) is 32.7. The monoisotopic (exact) mass is 488 g/mol. The molecular formula is C26H48O8. The second-order valence-corrected chi connectivity index (χ2v) is 11.1. The van der Waals surface area contributed by atoms with E-state index < -0.39 is 65.6 Å². The standard InChI is InChI=1S/C26H48O8/c1-14(2)11-15(3)22(31)26(9,33)23(32)17(5)12-16(4)21(30)25(7,8)24(34-10)18(6)19(27)13-20(28)29/h11,15-19,22-24,27,31-33H,12-13H2,1-10H3,(H,28,29). The van der Waals surface area contributed by atoms with E-state index in [0.717, 1.165) is 5.57 Å². The zero-order valence-corrected chi connectivity index (χ0v) is 22.6. The van der Waals surface area contributed by atoms with Crippen molar-refractivity contribution >= 4 is 11.8 Å². The van der Waals surface area contributed by atoms with Gasteiger partial charge in [0, 0.05) is 24.9 Å². The van der Waals surface area contributed by atoms with E-state index in [9.17, 15) is 30.0 Å². The van der Waals surface area contributed by atoms with Crippen molar-refractivity contribution in [1.29, 1.82) is 0 Å². The van der Waals surface area contributed by atoms with E-state index in [0.29, 0.717) is 0 Å². The van der Waals surface area contributed by atoms with Crippen molar-refractivity contribution in [3.63, 3.8) is 0 Å². The van der Waals surface area contributed by atoms with Gasteiger partial charge in [-0.2, -0.15) is 0 Å². The first-order valence-corrected chi connectivity index (χ1v) is 12.0. The molecule has 5 N–H and O–H groups in total. The lowest BCUT2D eigenvalue weighted by Gasteiger charge is -2.41. The number of allylic oxidation sites excluding steroid dienone is 1. The number of methoxy groups -OCH3 is 1. The van der Waals surface area contributed by atoms with E-state index >= 15 is 0 Å². The number of hydrogen-bond donors (Lipinski definition) is 5. The van der Waals surface area contributed by atoms with E-state index in [1.807, 2.05) is 19.9 Å². The van der Waals surface area contributed by atoms with Crippen molar-refractivity contribution < 1.29 is 39.9 Å². The molecule has 0 bridgehead atoms. The van der Waals surface area contributed by atoms with Crippen LogP contribution in [0.4, 0.5) is 0 Å². The number of carbonyl (C=O) groups is 2. The summed E-state index contributed by atoms with van der Waals surface area (Å²) in [5.74, 6) is -3.31. The molecule has 0 aliphatic carbocycles. The van der Waals surface area contributed by atoms with Crippen molar-refractivity contribution in [2.75, 3.05) is 7.11 Å². The molecule has 0 aliphatic heterocycles. The van der Waals surface area contributed by atoms with E-state index in [-0.39, 0.29) is 18.1 Å². The maximum atomic E-state index is 13.4. The molecule has 34 heavy (non-hydrogen) atoms. The van der Waals surface area contributed by atoms with Crippen molar-refractivity contribution in [3.05, 3.63) is 11.6 Å². The van der Waals surface area contributed by atoms with Crippen LogP contribution >= 0.6 is 0 Å². The van der Waals surface area contributed by atoms with Crippen molar-refractivity contribution in [2.24, 2.45) is 29.1 Å². The molecule has 9 atom stereocenters. The smallest absolute Gasteiger partial charge is 0.305 e. The van der Waals surface area contributed by atoms with Crippen LogP contribution in [0.2, 0.25) is 0 Å². The number of carbonyl (C=O) groups excluding carboxylic acids is 1. The number of carboxylic acids is 1. The summed E-state index contributed by atoms with van der Waals surface area (Å²) in [5, 5.41) is 51.7. The van der Waals surface area contributed by atoms with Crippen molar-refractivity contribution in [2.45, 2.75) is 105 Å². The van der Waals surface area contributed by atoms with Crippen molar-refractivity contribution in [3.8, 4) is 0 Å². The Morgan fingerprint density at radius 1 is 0.971 bits per heavy atom. The quantitative estimate of drug-likeness (QED) is 0.221. The number of rotatable bonds is 15. The van der Waals surface area contributed by atoms with Crippen LogP contribution in [0.25, 0.3) is 0 Å². The summed E-state index contributed by atoms with van der Waals surface area (Å²) in [6, 6.07) is 0. The van der Waals surface area contributed by atoms with Gasteiger partial charge in [0.1, 0.15) is 11.4 Å². The molecule has 8 heteroatoms. The largest absolute Gasteiger partial charge is 0.481 e. The van der Waals surface area contributed by atoms with Gasteiger partial charge in [-0.1, -0.05) is 53.2 Å². The Hall–Kier alpha value is -1.32. The molecular weight excluding hydrogens is 440 g/mol. The molecule has 0 saturated carbocycles. The Labute approximate surface area is 205 Å². The highest BCUT2D eigenvalue weighted by Crippen LogP contribution is 2.37. The Balaban J connectivity index is 5.51. The zero-order valence-electron chi connectivity index (χ0n) is 22.6. The summed E-state index contributed by atoms with van der Waals surface area (Å²) < 4.78 is 5.55. The van der Waals surface area contributed by atoms with Crippen LogP contribution in [0.15, 0.2) is 11.6 Å². The first-order chi connectivity index (χ1) is 15.3. The maximum absolute atomic E-state index is 13.4. The third-order valence-corrected chi connectivity index (χ3v) is 7.07. The third-order valence-electron chi connectivity index (χ3n) is 7.07. The number of ketones is 1. The molecule has 0 heterocycles. The number of aliphatic hydroxyl groups is 4. The fourth-order valence-electron chi connectivity index (χ4n) is 5.20. The number of hydrogen-bond acceptors (Lipinski definition) is 7. The van der Waals surface area contributed by atoms with Gasteiger partial charge < -0.3 is 30.3 Å². The van der Waals surface area contributed by atoms with Crippen LogP contribution in [0.3, 0.4) is 0 Å². The van der Waals surface area contributed by atoms with Crippen LogP contribution in [-0.2, 0) is 14.3 Å². The summed E-state index contributed by atoms with van der Waals surface area (Å²) in [7, 11) is 1.42. The minimum atomic E-state index is -1.78. The van der Waals surface area contributed by atoms with E-state index in [1.165, 1.54) is 14.0 Å². The van der Waals surface area contributed by atoms with Crippen LogP contribution in [0, 0.1) is 29.1 Å². The summed E-state index contributed by atoms with van der Waals surface area (Å²) >= 11 is 0. The fourth-order valence-corrected chi connectivity index (χ4v) is 5.20. The molecule has 0 aromatic heterocycles. The molecule has 0 rings (SSSR count). The topological polar surface area (TPSA) is 145 Å². The summed E-state index contributed by atoms with van der Waals surface area (Å²) in [6.45, 7) is 15.5. The average molecular weight is 489 g/mol. The third kappa shape index (κ3) is 8.41. The summed E-state index contributed by atoms with van der Waals surface area (Å²) in [6.07, 6.45) is -2.74. The lowest BCUT2D eigenvalue weighted by atomic mass is 9.69.